The van der Waals surface area contributed by atoms with Crippen LogP contribution in [0.4, 0.5) is 4.39 Å². The van der Waals surface area contributed by atoms with Crippen molar-refractivity contribution in [3.8, 4) is 0 Å². The second-order valence-corrected chi connectivity index (χ2v) is 6.20. The lowest BCUT2D eigenvalue weighted by Gasteiger charge is -2.30. The van der Waals surface area contributed by atoms with Gasteiger partial charge in [-0.2, -0.15) is 0 Å². The Morgan fingerprint density at radius 1 is 1.23 bits per heavy atom. The first-order valence-electron chi connectivity index (χ1n) is 7.50. The molecule has 0 aliphatic rings. The summed E-state index contributed by atoms with van der Waals surface area (Å²) in [7, 11) is -2.96. The van der Waals surface area contributed by atoms with Crippen LogP contribution in [0, 0.1) is 5.82 Å². The molecule has 0 fully saturated rings. The maximum atomic E-state index is 12.8. The second-order valence-electron chi connectivity index (χ2n) is 4.83. The Hall–Kier alpha value is -0.780. The van der Waals surface area contributed by atoms with Gasteiger partial charge in [-0.3, -0.25) is 4.57 Å². The molecule has 7 heteroatoms. The van der Waals surface area contributed by atoms with Crippen LogP contribution < -0.4 is 5.32 Å². The standard InChI is InChI=1S/C15H25FNO4P/c1-3-20-15(21-4-2,22(18)19)10-5-11-17-12-13-6-8-14(16)9-7-13/h6-9,17,22H,3-5,10-12H2,1-2H3,(H,18,19). The highest BCUT2D eigenvalue weighted by Crippen LogP contribution is 2.41. The molecule has 126 valence electrons. The van der Waals surface area contributed by atoms with E-state index in [1.54, 1.807) is 26.0 Å². The molecule has 0 aliphatic carbocycles. The summed E-state index contributed by atoms with van der Waals surface area (Å²) in [6, 6.07) is 6.28. The van der Waals surface area contributed by atoms with Crippen molar-refractivity contribution in [2.75, 3.05) is 19.8 Å². The van der Waals surface area contributed by atoms with Crippen LogP contribution in [0.15, 0.2) is 24.3 Å². The summed E-state index contributed by atoms with van der Waals surface area (Å²) in [5.74, 6) is -0.255. The smallest absolute Gasteiger partial charge is 0.246 e. The van der Waals surface area contributed by atoms with Gasteiger partial charge in [0.25, 0.3) is 0 Å². The Balaban J connectivity index is 2.39. The predicted octanol–water partition coefficient (Wildman–Crippen LogP) is 2.89. The Bertz CT molecular complexity index is 449. The van der Waals surface area contributed by atoms with Gasteiger partial charge in [-0.05, 0) is 44.5 Å². The molecular formula is C15H25FNO4P. The molecule has 1 atom stereocenters. The lowest BCUT2D eigenvalue weighted by molar-refractivity contribution is -0.180. The summed E-state index contributed by atoms with van der Waals surface area (Å²) in [6.45, 7) is 5.44. The van der Waals surface area contributed by atoms with Crippen molar-refractivity contribution in [2.45, 2.75) is 38.8 Å². The zero-order valence-corrected chi connectivity index (χ0v) is 14.1. The Labute approximate surface area is 131 Å². The first-order valence-corrected chi connectivity index (χ1v) is 8.86. The van der Waals surface area contributed by atoms with Crippen LogP contribution in [0.1, 0.15) is 32.3 Å². The molecule has 0 saturated heterocycles. The van der Waals surface area contributed by atoms with E-state index >= 15 is 0 Å². The maximum absolute atomic E-state index is 12.8. The molecule has 0 radical (unpaired) electrons. The molecule has 22 heavy (non-hydrogen) atoms. The number of ether oxygens (including phenoxy) is 2. The number of rotatable bonds is 11. The fourth-order valence-corrected chi connectivity index (χ4v) is 3.09. The predicted molar refractivity (Wildman–Crippen MR) is 84.5 cm³/mol. The van der Waals surface area contributed by atoms with Crippen molar-refractivity contribution in [3.05, 3.63) is 35.6 Å². The van der Waals surface area contributed by atoms with Gasteiger partial charge in [0.2, 0.25) is 13.6 Å². The van der Waals surface area contributed by atoms with Crippen LogP contribution in [-0.2, 0) is 20.6 Å². The molecule has 0 spiro atoms. The van der Waals surface area contributed by atoms with Crippen LogP contribution in [-0.4, -0.2) is 30.2 Å². The van der Waals surface area contributed by atoms with E-state index < -0.39 is 13.6 Å². The van der Waals surface area contributed by atoms with Gasteiger partial charge in [-0.25, -0.2) is 4.39 Å². The minimum absolute atomic E-state index is 0.255. The van der Waals surface area contributed by atoms with Crippen molar-refractivity contribution < 1.29 is 23.3 Å². The summed E-state index contributed by atoms with van der Waals surface area (Å²) in [5, 5.41) is 3.21. The zero-order chi connectivity index (χ0) is 16.4. The summed E-state index contributed by atoms with van der Waals surface area (Å²) >= 11 is 0. The largest absolute Gasteiger partial charge is 0.343 e. The van der Waals surface area contributed by atoms with Crippen LogP contribution >= 0.6 is 8.03 Å². The van der Waals surface area contributed by atoms with Gasteiger partial charge in [-0.15, -0.1) is 0 Å². The Morgan fingerprint density at radius 3 is 2.32 bits per heavy atom. The van der Waals surface area contributed by atoms with E-state index in [2.05, 4.69) is 5.32 Å². The Morgan fingerprint density at radius 2 is 1.82 bits per heavy atom. The minimum Gasteiger partial charge on any atom is -0.343 e. The van der Waals surface area contributed by atoms with E-state index in [1.165, 1.54) is 12.1 Å². The summed E-state index contributed by atoms with van der Waals surface area (Å²) < 4.78 is 35.2. The first kappa shape index (κ1) is 19.3. The molecule has 1 unspecified atom stereocenters. The SMILES string of the molecule is CCOC(CCCNCc1ccc(F)cc1)(OCC)[PH](=O)O. The molecule has 1 rings (SSSR count). The number of benzene rings is 1. The van der Waals surface area contributed by atoms with Gasteiger partial charge in [0.05, 0.1) is 0 Å². The number of hydrogen-bond acceptors (Lipinski definition) is 4. The first-order chi connectivity index (χ1) is 10.5. The lowest BCUT2D eigenvalue weighted by atomic mass is 10.2. The highest BCUT2D eigenvalue weighted by Gasteiger charge is 2.37. The Kier molecular flexibility index (Phi) is 8.83. The van der Waals surface area contributed by atoms with E-state index in [0.29, 0.717) is 39.1 Å². The fourth-order valence-electron chi connectivity index (χ4n) is 2.16. The van der Waals surface area contributed by atoms with E-state index in [1.807, 2.05) is 0 Å². The second kappa shape index (κ2) is 10.1. The summed E-state index contributed by atoms with van der Waals surface area (Å²) in [6.07, 6.45) is 0.984. The summed E-state index contributed by atoms with van der Waals surface area (Å²) in [5.41, 5.74) is -0.399. The van der Waals surface area contributed by atoms with Crippen molar-refractivity contribution in [1.29, 1.82) is 0 Å². The van der Waals surface area contributed by atoms with E-state index in [4.69, 9.17) is 9.47 Å². The zero-order valence-electron chi connectivity index (χ0n) is 13.1. The topological polar surface area (TPSA) is 67.8 Å². The molecular weight excluding hydrogens is 308 g/mol. The third-order valence-electron chi connectivity index (χ3n) is 3.18. The van der Waals surface area contributed by atoms with Crippen LogP contribution in [0.5, 0.6) is 0 Å². The van der Waals surface area contributed by atoms with Crippen molar-refractivity contribution in [2.24, 2.45) is 0 Å². The molecule has 0 saturated carbocycles. The van der Waals surface area contributed by atoms with Gasteiger partial charge < -0.3 is 19.7 Å². The molecule has 0 aliphatic heterocycles. The van der Waals surface area contributed by atoms with Gasteiger partial charge in [0, 0.05) is 26.2 Å². The monoisotopic (exact) mass is 333 g/mol. The molecule has 1 aromatic rings. The highest BCUT2D eigenvalue weighted by molar-refractivity contribution is 7.39. The van der Waals surface area contributed by atoms with Gasteiger partial charge >= 0.3 is 0 Å². The van der Waals surface area contributed by atoms with Crippen molar-refractivity contribution in [1.82, 2.24) is 5.32 Å². The van der Waals surface area contributed by atoms with Crippen molar-refractivity contribution >= 4 is 8.03 Å². The molecule has 2 N–H and O–H groups in total. The fraction of sp³-hybridized carbons (Fsp3) is 0.600. The van der Waals surface area contributed by atoms with Gasteiger partial charge in [-0.1, -0.05) is 12.1 Å². The van der Waals surface area contributed by atoms with Crippen molar-refractivity contribution in [3.63, 3.8) is 0 Å². The number of halogens is 1. The van der Waals surface area contributed by atoms with Gasteiger partial charge in [0.15, 0.2) is 0 Å². The lowest BCUT2D eigenvalue weighted by Crippen LogP contribution is -2.33. The van der Waals surface area contributed by atoms with Crippen LogP contribution in [0.2, 0.25) is 0 Å². The highest BCUT2D eigenvalue weighted by atomic mass is 31.1. The molecule has 0 bridgehead atoms. The van der Waals surface area contributed by atoms with Crippen LogP contribution in [0.25, 0.3) is 0 Å². The van der Waals surface area contributed by atoms with E-state index in [9.17, 15) is 13.8 Å². The van der Waals surface area contributed by atoms with E-state index in [0.717, 1.165) is 5.56 Å². The summed E-state index contributed by atoms with van der Waals surface area (Å²) in [4.78, 5) is 9.53. The number of hydrogen-bond donors (Lipinski definition) is 2. The molecule has 0 aromatic heterocycles. The average molecular weight is 333 g/mol. The molecule has 5 nitrogen and oxygen atoms in total. The molecule has 0 heterocycles. The normalized spacial score (nSPS) is 13.3. The van der Waals surface area contributed by atoms with E-state index in [-0.39, 0.29) is 5.82 Å². The quantitative estimate of drug-likeness (QED) is 0.370. The minimum atomic E-state index is -2.96. The third-order valence-corrected chi connectivity index (χ3v) is 4.37. The van der Waals surface area contributed by atoms with Gasteiger partial charge in [0.1, 0.15) is 5.82 Å². The third kappa shape index (κ3) is 6.15. The average Bonchev–Trinajstić information content (AvgIpc) is 2.49. The van der Waals surface area contributed by atoms with Crippen LogP contribution in [0.3, 0.4) is 0 Å². The molecule has 0 amide bonds. The maximum Gasteiger partial charge on any atom is 0.246 e. The number of nitrogens with one attached hydrogen (secondary N) is 1. The molecule has 1 aromatic carbocycles.